The largest absolute Gasteiger partial charge is 0.328 e. The van der Waals surface area contributed by atoms with Gasteiger partial charge in [-0.15, -0.1) is 0 Å². The molecule has 2 unspecified atom stereocenters. The first-order chi connectivity index (χ1) is 15.9. The fourth-order valence-corrected chi connectivity index (χ4v) is 4.32. The van der Waals surface area contributed by atoms with E-state index in [0.717, 1.165) is 73.5 Å². The molecule has 176 valence electrons. The minimum atomic E-state index is -0.571. The SMILES string of the molecule is CCC(C)CCCC(N)CC/C=C(/C1=CC2=CCN=C2CC1)N(N)c1ccc(C#N)c(F)c1. The van der Waals surface area contributed by atoms with E-state index in [4.69, 9.17) is 16.8 Å². The number of allylic oxidation sites excluding steroid dienone is 4. The number of nitrogens with two attached hydrogens (primary N) is 2. The molecule has 4 N–H and O–H groups in total. The molecule has 33 heavy (non-hydrogen) atoms. The van der Waals surface area contributed by atoms with Gasteiger partial charge < -0.3 is 5.73 Å². The lowest BCUT2D eigenvalue weighted by molar-refractivity contribution is 0.453. The second-order valence-corrected chi connectivity index (χ2v) is 9.13. The monoisotopic (exact) mass is 449 g/mol. The van der Waals surface area contributed by atoms with E-state index in [1.807, 2.05) is 6.07 Å². The van der Waals surface area contributed by atoms with Gasteiger partial charge >= 0.3 is 0 Å². The van der Waals surface area contributed by atoms with Gasteiger partial charge in [-0.2, -0.15) is 5.26 Å². The predicted molar refractivity (Wildman–Crippen MR) is 134 cm³/mol. The molecule has 0 saturated carbocycles. The average Bonchev–Trinajstić information content (AvgIpc) is 3.29. The third-order valence-electron chi connectivity index (χ3n) is 6.67. The number of anilines is 1. The van der Waals surface area contributed by atoms with Crippen molar-refractivity contribution in [1.29, 1.82) is 5.26 Å². The summed E-state index contributed by atoms with van der Waals surface area (Å²) in [6.45, 7) is 5.24. The Hall–Kier alpha value is -2.75. The smallest absolute Gasteiger partial charge is 0.143 e. The zero-order chi connectivity index (χ0) is 23.8. The highest BCUT2D eigenvalue weighted by atomic mass is 19.1. The first-order valence-electron chi connectivity index (χ1n) is 12.1. The van der Waals surface area contributed by atoms with Crippen molar-refractivity contribution in [2.75, 3.05) is 11.6 Å². The molecule has 0 fully saturated rings. The molecule has 0 amide bonds. The van der Waals surface area contributed by atoms with Crippen LogP contribution in [0.3, 0.4) is 0 Å². The van der Waals surface area contributed by atoms with Crippen LogP contribution in [0.15, 0.2) is 58.3 Å². The molecule has 6 heteroatoms. The molecule has 2 aliphatic rings. The summed E-state index contributed by atoms with van der Waals surface area (Å²) in [6, 6.07) is 6.48. The minimum Gasteiger partial charge on any atom is -0.328 e. The summed E-state index contributed by atoms with van der Waals surface area (Å²) in [5.41, 5.74) is 11.2. The second-order valence-electron chi connectivity index (χ2n) is 9.13. The van der Waals surface area contributed by atoms with E-state index in [0.29, 0.717) is 5.69 Å². The molecule has 0 saturated heterocycles. The van der Waals surface area contributed by atoms with E-state index in [9.17, 15) is 4.39 Å². The average molecular weight is 450 g/mol. The molecule has 0 radical (unpaired) electrons. The van der Waals surface area contributed by atoms with Crippen LogP contribution in [0.25, 0.3) is 0 Å². The Morgan fingerprint density at radius 1 is 1.30 bits per heavy atom. The first kappa shape index (κ1) is 24.9. The number of hydrogen-bond donors (Lipinski definition) is 2. The summed E-state index contributed by atoms with van der Waals surface area (Å²) in [7, 11) is 0. The maximum atomic E-state index is 14.3. The minimum absolute atomic E-state index is 0.00916. The second kappa shape index (κ2) is 11.9. The third-order valence-corrected chi connectivity index (χ3v) is 6.67. The molecule has 0 spiro atoms. The lowest BCUT2D eigenvalue weighted by Crippen LogP contribution is -2.32. The highest BCUT2D eigenvalue weighted by molar-refractivity contribution is 6.05. The van der Waals surface area contributed by atoms with Crippen molar-refractivity contribution in [3.8, 4) is 6.07 Å². The molecule has 1 aromatic rings. The summed E-state index contributed by atoms with van der Waals surface area (Å²) in [6.07, 6.45) is 14.4. The maximum Gasteiger partial charge on any atom is 0.143 e. The molecular formula is C27H36FN5. The highest BCUT2D eigenvalue weighted by Crippen LogP contribution is 2.32. The Bertz CT molecular complexity index is 998. The van der Waals surface area contributed by atoms with Gasteiger partial charge in [-0.05, 0) is 67.4 Å². The lowest BCUT2D eigenvalue weighted by Gasteiger charge is -2.27. The molecule has 3 rings (SSSR count). The van der Waals surface area contributed by atoms with Gasteiger partial charge in [0.05, 0.1) is 23.5 Å². The van der Waals surface area contributed by atoms with Crippen molar-refractivity contribution in [3.63, 3.8) is 0 Å². The van der Waals surface area contributed by atoms with E-state index in [2.05, 4.69) is 37.1 Å². The Morgan fingerprint density at radius 2 is 2.12 bits per heavy atom. The van der Waals surface area contributed by atoms with Gasteiger partial charge in [-0.1, -0.05) is 45.3 Å². The standard InChI is InChI=1S/C27H36FN5/c1-3-19(2)6-4-7-23(30)8-5-9-27(21-11-13-26-20(16-21)14-15-32-26)33(31)24-12-10-22(18-29)25(28)17-24/h9-10,12,14,16-17,19,23H,3-8,11,13,15,30-31H2,1-2H3/b27-9-. The van der Waals surface area contributed by atoms with E-state index in [1.165, 1.54) is 30.0 Å². The Morgan fingerprint density at radius 3 is 2.85 bits per heavy atom. The molecule has 1 aromatic carbocycles. The molecule has 1 aliphatic heterocycles. The lowest BCUT2D eigenvalue weighted by atomic mass is 9.91. The summed E-state index contributed by atoms with van der Waals surface area (Å²) in [5.74, 6) is 6.69. The molecule has 5 nitrogen and oxygen atoms in total. The predicted octanol–water partition coefficient (Wildman–Crippen LogP) is 5.69. The van der Waals surface area contributed by atoms with Crippen molar-refractivity contribution < 1.29 is 4.39 Å². The van der Waals surface area contributed by atoms with Crippen LogP contribution >= 0.6 is 0 Å². The number of nitriles is 1. The number of hydrazine groups is 1. The zero-order valence-corrected chi connectivity index (χ0v) is 19.9. The number of fused-ring (bicyclic) bond motifs is 1. The van der Waals surface area contributed by atoms with Crippen LogP contribution in [0.2, 0.25) is 0 Å². The van der Waals surface area contributed by atoms with E-state index in [1.54, 1.807) is 6.07 Å². The van der Waals surface area contributed by atoms with Crippen molar-refractivity contribution in [2.24, 2.45) is 22.5 Å². The quantitative estimate of drug-likeness (QED) is 0.335. The number of benzene rings is 1. The van der Waals surface area contributed by atoms with Crippen LogP contribution < -0.4 is 16.6 Å². The number of aliphatic imine (C=N–C) groups is 1. The van der Waals surface area contributed by atoms with E-state index in [-0.39, 0.29) is 11.6 Å². The van der Waals surface area contributed by atoms with Crippen molar-refractivity contribution in [3.05, 3.63) is 64.7 Å². The molecular weight excluding hydrogens is 413 g/mol. The highest BCUT2D eigenvalue weighted by Gasteiger charge is 2.22. The van der Waals surface area contributed by atoms with Crippen LogP contribution in [0.4, 0.5) is 10.1 Å². The van der Waals surface area contributed by atoms with Crippen molar-refractivity contribution in [2.45, 2.75) is 71.3 Å². The zero-order valence-electron chi connectivity index (χ0n) is 19.9. The van der Waals surface area contributed by atoms with Gasteiger partial charge in [0.15, 0.2) is 0 Å². The Balaban J connectivity index is 1.75. The summed E-state index contributed by atoms with van der Waals surface area (Å²) in [4.78, 5) is 4.54. The van der Waals surface area contributed by atoms with Crippen LogP contribution in [-0.2, 0) is 0 Å². The van der Waals surface area contributed by atoms with Crippen LogP contribution in [-0.4, -0.2) is 18.3 Å². The maximum absolute atomic E-state index is 14.3. The third kappa shape index (κ3) is 6.63. The molecule has 1 heterocycles. The van der Waals surface area contributed by atoms with Crippen LogP contribution in [0.1, 0.15) is 70.8 Å². The van der Waals surface area contributed by atoms with Crippen molar-refractivity contribution >= 4 is 11.4 Å². The molecule has 0 bridgehead atoms. The molecule has 1 aliphatic carbocycles. The fraction of sp³-hybridized carbons (Fsp3) is 0.481. The fourth-order valence-electron chi connectivity index (χ4n) is 4.32. The topological polar surface area (TPSA) is 91.4 Å². The first-order valence-corrected chi connectivity index (χ1v) is 12.1. The summed E-state index contributed by atoms with van der Waals surface area (Å²) >= 11 is 0. The number of rotatable bonds is 11. The molecule has 0 aromatic heterocycles. The van der Waals surface area contributed by atoms with Gasteiger partial charge in [-0.3, -0.25) is 10.0 Å². The van der Waals surface area contributed by atoms with Gasteiger partial charge in [0.2, 0.25) is 0 Å². The van der Waals surface area contributed by atoms with E-state index >= 15 is 0 Å². The molecule has 2 atom stereocenters. The summed E-state index contributed by atoms with van der Waals surface area (Å²) in [5, 5.41) is 10.6. The van der Waals surface area contributed by atoms with Gasteiger partial charge in [0.25, 0.3) is 0 Å². The summed E-state index contributed by atoms with van der Waals surface area (Å²) < 4.78 is 14.3. The van der Waals surface area contributed by atoms with Crippen molar-refractivity contribution in [1.82, 2.24) is 0 Å². The van der Waals surface area contributed by atoms with Crippen LogP contribution in [0, 0.1) is 23.1 Å². The Labute approximate surface area is 197 Å². The number of nitrogens with zero attached hydrogens (tertiary/aromatic N) is 3. The van der Waals surface area contributed by atoms with Gasteiger partial charge in [-0.25, -0.2) is 10.2 Å². The normalized spacial score (nSPS) is 17.5. The van der Waals surface area contributed by atoms with Crippen LogP contribution in [0.5, 0.6) is 0 Å². The number of hydrogen-bond acceptors (Lipinski definition) is 5. The van der Waals surface area contributed by atoms with Gasteiger partial charge in [0.1, 0.15) is 11.9 Å². The number of halogens is 1. The van der Waals surface area contributed by atoms with E-state index < -0.39 is 5.82 Å². The Kier molecular flexibility index (Phi) is 8.99. The van der Waals surface area contributed by atoms with Gasteiger partial charge in [0, 0.05) is 17.8 Å².